The van der Waals surface area contributed by atoms with E-state index < -0.39 is 0 Å². The van der Waals surface area contributed by atoms with E-state index in [9.17, 15) is 4.79 Å². The lowest BCUT2D eigenvalue weighted by Gasteiger charge is -2.22. The molecule has 2 rings (SSSR count). The number of aromatic nitrogens is 1. The highest BCUT2D eigenvalue weighted by atomic mass is 16.2. The summed E-state index contributed by atoms with van der Waals surface area (Å²) < 4.78 is 0. The quantitative estimate of drug-likeness (QED) is 0.881. The molecule has 2 aromatic rings. The van der Waals surface area contributed by atoms with Gasteiger partial charge in [0.25, 0.3) is 5.91 Å². The lowest BCUT2D eigenvalue weighted by molar-refractivity contribution is 0.0986. The summed E-state index contributed by atoms with van der Waals surface area (Å²) >= 11 is 0. The molecule has 21 heavy (non-hydrogen) atoms. The number of hydrogen-bond acceptors (Lipinski definition) is 3. The lowest BCUT2D eigenvalue weighted by atomic mass is 10.2. The van der Waals surface area contributed by atoms with Crippen LogP contribution in [0.4, 0.5) is 11.5 Å². The van der Waals surface area contributed by atoms with Gasteiger partial charge in [0, 0.05) is 25.5 Å². The van der Waals surface area contributed by atoms with Gasteiger partial charge < -0.3 is 10.2 Å². The van der Waals surface area contributed by atoms with Gasteiger partial charge in [0.05, 0.1) is 5.56 Å². The Morgan fingerprint density at radius 3 is 2.52 bits per heavy atom. The molecule has 0 bridgehead atoms. The third-order valence-corrected chi connectivity index (χ3v) is 3.31. The molecular formula is C17H21N3O. The first-order valence-electron chi connectivity index (χ1n) is 7.27. The molecule has 1 aromatic heterocycles. The molecular weight excluding hydrogens is 262 g/mol. The predicted octanol–water partition coefficient (Wildman–Crippen LogP) is 3.57. The minimum Gasteiger partial charge on any atom is -0.373 e. The van der Waals surface area contributed by atoms with Crippen LogP contribution in [-0.2, 0) is 0 Å². The fourth-order valence-corrected chi connectivity index (χ4v) is 2.10. The summed E-state index contributed by atoms with van der Waals surface area (Å²) in [6, 6.07) is 13.4. The summed E-state index contributed by atoms with van der Waals surface area (Å²) in [5.74, 6) is 0.746. The zero-order chi connectivity index (χ0) is 15.1. The van der Waals surface area contributed by atoms with Crippen molar-refractivity contribution in [3.63, 3.8) is 0 Å². The Morgan fingerprint density at radius 1 is 1.19 bits per heavy atom. The predicted molar refractivity (Wildman–Crippen MR) is 86.8 cm³/mol. The second kappa shape index (κ2) is 7.43. The normalized spacial score (nSPS) is 10.2. The molecule has 0 aliphatic carbocycles. The number of amides is 1. The fraction of sp³-hybridized carbons (Fsp3) is 0.294. The number of para-hydroxylation sites is 1. The number of carbonyl (C=O) groups excluding carboxylic acids is 1. The average molecular weight is 283 g/mol. The van der Waals surface area contributed by atoms with Crippen LogP contribution in [0, 0.1) is 0 Å². The Labute approximate surface area is 125 Å². The molecule has 0 radical (unpaired) electrons. The summed E-state index contributed by atoms with van der Waals surface area (Å²) in [7, 11) is 1.81. The fourth-order valence-electron chi connectivity index (χ4n) is 2.10. The summed E-state index contributed by atoms with van der Waals surface area (Å²) in [5.41, 5.74) is 1.53. The van der Waals surface area contributed by atoms with Crippen LogP contribution in [-0.4, -0.2) is 24.5 Å². The summed E-state index contributed by atoms with van der Waals surface area (Å²) in [6.07, 6.45) is 3.65. The molecule has 1 N–H and O–H groups in total. The second-order valence-corrected chi connectivity index (χ2v) is 4.83. The van der Waals surface area contributed by atoms with Gasteiger partial charge in [-0.15, -0.1) is 0 Å². The van der Waals surface area contributed by atoms with Crippen molar-refractivity contribution in [2.75, 3.05) is 23.8 Å². The maximum absolute atomic E-state index is 12.7. The third-order valence-electron chi connectivity index (χ3n) is 3.31. The maximum atomic E-state index is 12.7. The molecule has 0 spiro atoms. The largest absolute Gasteiger partial charge is 0.373 e. The van der Waals surface area contributed by atoms with E-state index in [0.717, 1.165) is 24.3 Å². The standard InChI is InChI=1S/C17H21N3O/c1-3-4-12-20(15-8-6-5-7-9-15)17(21)14-10-11-16(18-2)19-13-14/h5-11,13H,3-4,12H2,1-2H3,(H,18,19). The number of carbonyl (C=O) groups is 1. The molecule has 1 amide bonds. The minimum atomic E-state index is -0.00944. The van der Waals surface area contributed by atoms with Crippen molar-refractivity contribution in [2.45, 2.75) is 19.8 Å². The molecule has 1 heterocycles. The van der Waals surface area contributed by atoms with Gasteiger partial charge in [-0.1, -0.05) is 31.5 Å². The van der Waals surface area contributed by atoms with Crippen molar-refractivity contribution in [1.29, 1.82) is 0 Å². The van der Waals surface area contributed by atoms with Crippen molar-refractivity contribution in [3.05, 3.63) is 54.2 Å². The Balaban J connectivity index is 2.24. The average Bonchev–Trinajstić information content (AvgIpc) is 2.56. The van der Waals surface area contributed by atoms with Crippen molar-refractivity contribution < 1.29 is 4.79 Å². The lowest BCUT2D eigenvalue weighted by Crippen LogP contribution is -2.32. The number of hydrogen-bond donors (Lipinski definition) is 1. The van der Waals surface area contributed by atoms with Crippen LogP contribution < -0.4 is 10.2 Å². The molecule has 110 valence electrons. The van der Waals surface area contributed by atoms with E-state index in [1.807, 2.05) is 47.4 Å². The van der Waals surface area contributed by atoms with Gasteiger partial charge in [0.15, 0.2) is 0 Å². The number of nitrogens with one attached hydrogen (secondary N) is 1. The summed E-state index contributed by atoms with van der Waals surface area (Å²) in [6.45, 7) is 2.84. The molecule has 0 aliphatic rings. The van der Waals surface area contributed by atoms with Gasteiger partial charge >= 0.3 is 0 Å². The highest BCUT2D eigenvalue weighted by Gasteiger charge is 2.17. The zero-order valence-electron chi connectivity index (χ0n) is 12.5. The van der Waals surface area contributed by atoms with E-state index >= 15 is 0 Å². The van der Waals surface area contributed by atoms with Crippen molar-refractivity contribution in [1.82, 2.24) is 4.98 Å². The number of nitrogens with zero attached hydrogens (tertiary/aromatic N) is 2. The summed E-state index contributed by atoms with van der Waals surface area (Å²) in [4.78, 5) is 18.8. The molecule has 0 aliphatic heterocycles. The first-order valence-corrected chi connectivity index (χ1v) is 7.27. The molecule has 0 unspecified atom stereocenters. The van der Waals surface area contributed by atoms with Crippen molar-refractivity contribution in [3.8, 4) is 0 Å². The Morgan fingerprint density at radius 2 is 1.95 bits per heavy atom. The van der Waals surface area contributed by atoms with Gasteiger partial charge in [-0.25, -0.2) is 4.98 Å². The molecule has 0 saturated carbocycles. The van der Waals surface area contributed by atoms with Gasteiger partial charge in [-0.05, 0) is 30.7 Å². The number of pyridine rings is 1. The molecule has 0 saturated heterocycles. The Kier molecular flexibility index (Phi) is 5.32. The number of unbranched alkanes of at least 4 members (excludes halogenated alkanes) is 1. The number of benzene rings is 1. The first kappa shape index (κ1) is 15.0. The smallest absolute Gasteiger partial charge is 0.259 e. The van der Waals surface area contributed by atoms with Crippen LogP contribution in [0.2, 0.25) is 0 Å². The van der Waals surface area contributed by atoms with E-state index in [1.54, 1.807) is 13.2 Å². The van der Waals surface area contributed by atoms with E-state index in [-0.39, 0.29) is 5.91 Å². The van der Waals surface area contributed by atoms with Crippen LogP contribution in [0.3, 0.4) is 0 Å². The number of anilines is 2. The molecule has 4 heteroatoms. The number of rotatable bonds is 6. The Bertz CT molecular complexity index is 566. The minimum absolute atomic E-state index is 0.00944. The first-order chi connectivity index (χ1) is 10.3. The van der Waals surface area contributed by atoms with Crippen LogP contribution in [0.1, 0.15) is 30.1 Å². The van der Waals surface area contributed by atoms with E-state index in [2.05, 4.69) is 17.2 Å². The van der Waals surface area contributed by atoms with Crippen molar-refractivity contribution in [2.24, 2.45) is 0 Å². The molecule has 0 fully saturated rings. The summed E-state index contributed by atoms with van der Waals surface area (Å²) in [5, 5.41) is 2.95. The topological polar surface area (TPSA) is 45.2 Å². The Hall–Kier alpha value is -2.36. The van der Waals surface area contributed by atoms with E-state index in [4.69, 9.17) is 0 Å². The van der Waals surface area contributed by atoms with Gasteiger partial charge in [-0.2, -0.15) is 0 Å². The van der Waals surface area contributed by atoms with Crippen molar-refractivity contribution >= 4 is 17.4 Å². The van der Waals surface area contributed by atoms with Crippen LogP contribution in [0.25, 0.3) is 0 Å². The van der Waals surface area contributed by atoms with E-state index in [0.29, 0.717) is 12.1 Å². The van der Waals surface area contributed by atoms with Gasteiger partial charge in [0.2, 0.25) is 0 Å². The van der Waals surface area contributed by atoms with Gasteiger partial charge in [-0.3, -0.25) is 4.79 Å². The van der Waals surface area contributed by atoms with Gasteiger partial charge in [0.1, 0.15) is 5.82 Å². The molecule has 0 atom stereocenters. The van der Waals surface area contributed by atoms with Crippen LogP contribution in [0.15, 0.2) is 48.7 Å². The van der Waals surface area contributed by atoms with Crippen LogP contribution in [0.5, 0.6) is 0 Å². The SMILES string of the molecule is CCCCN(C(=O)c1ccc(NC)nc1)c1ccccc1. The highest BCUT2D eigenvalue weighted by Crippen LogP contribution is 2.18. The third kappa shape index (κ3) is 3.81. The monoisotopic (exact) mass is 283 g/mol. The maximum Gasteiger partial charge on any atom is 0.259 e. The highest BCUT2D eigenvalue weighted by molar-refractivity contribution is 6.05. The molecule has 4 nitrogen and oxygen atoms in total. The van der Waals surface area contributed by atoms with E-state index in [1.165, 1.54) is 0 Å². The molecule has 1 aromatic carbocycles. The zero-order valence-corrected chi connectivity index (χ0v) is 12.5. The second-order valence-electron chi connectivity index (χ2n) is 4.83. The van der Waals surface area contributed by atoms with Crippen LogP contribution >= 0.6 is 0 Å².